The summed E-state index contributed by atoms with van der Waals surface area (Å²) in [6, 6.07) is 5.48. The van der Waals surface area contributed by atoms with E-state index in [2.05, 4.69) is 33.2 Å². The van der Waals surface area contributed by atoms with E-state index in [0.29, 0.717) is 5.02 Å². The molecule has 0 spiro atoms. The van der Waals surface area contributed by atoms with Gasteiger partial charge in [0.05, 0.1) is 22.9 Å². The van der Waals surface area contributed by atoms with E-state index in [9.17, 15) is 0 Å². The minimum Gasteiger partial charge on any atom is -0.183 e. The maximum atomic E-state index is 5.78. The predicted octanol–water partition coefficient (Wildman–Crippen LogP) is 2.28. The Hall–Kier alpha value is -0.360. The second-order valence-electron chi connectivity index (χ2n) is 2.08. The first kappa shape index (κ1) is 7.30. The van der Waals surface area contributed by atoms with Crippen molar-refractivity contribution in [2.45, 2.75) is 0 Å². The van der Waals surface area contributed by atoms with Gasteiger partial charge >= 0.3 is 0 Å². The quantitative estimate of drug-likeness (QED) is 0.693. The zero-order valence-corrected chi connectivity index (χ0v) is 8.24. The summed E-state index contributed by atoms with van der Waals surface area (Å²) in [5, 5.41) is 8.44. The Bertz CT molecular complexity index is 398. The van der Waals surface area contributed by atoms with Crippen LogP contribution in [0.5, 0.6) is 0 Å². The molecule has 0 saturated heterocycles. The van der Waals surface area contributed by atoms with Crippen LogP contribution in [0.3, 0.4) is 0 Å². The maximum absolute atomic E-state index is 5.78. The van der Waals surface area contributed by atoms with Crippen LogP contribution in [0.25, 0.3) is 11.0 Å². The Labute approximate surface area is 81.8 Å². The highest BCUT2D eigenvalue weighted by atomic mass is 127. The van der Waals surface area contributed by atoms with Gasteiger partial charge in [-0.15, -0.1) is 5.10 Å². The summed E-state index contributed by atoms with van der Waals surface area (Å²) < 4.78 is 1.67. The smallest absolute Gasteiger partial charge is 0.114 e. The Morgan fingerprint density at radius 2 is 2.27 bits per heavy atom. The number of rotatable bonds is 0. The third kappa shape index (κ3) is 1.20. The number of halogens is 2. The molecular weight excluding hydrogens is 276 g/mol. The van der Waals surface area contributed by atoms with E-state index in [-0.39, 0.29) is 0 Å². The molecule has 0 saturated carbocycles. The first-order valence-electron chi connectivity index (χ1n) is 2.94. The second-order valence-corrected chi connectivity index (χ2v) is 3.43. The highest BCUT2D eigenvalue weighted by Gasteiger charge is 2.00. The van der Waals surface area contributed by atoms with Crippen LogP contribution >= 0.6 is 34.5 Å². The average Bonchev–Trinajstić information content (AvgIpc) is 2.33. The molecule has 1 aromatic heterocycles. The number of nitrogens with zero attached hydrogens (tertiary/aromatic N) is 3. The normalized spacial score (nSPS) is 10.7. The van der Waals surface area contributed by atoms with Crippen LogP contribution in [0.15, 0.2) is 18.2 Å². The first-order chi connectivity index (χ1) is 5.27. The summed E-state index contributed by atoms with van der Waals surface area (Å²) in [7, 11) is 0. The molecule has 1 heterocycles. The molecule has 2 rings (SSSR count). The topological polar surface area (TPSA) is 30.7 Å². The van der Waals surface area contributed by atoms with Gasteiger partial charge in [0, 0.05) is 5.02 Å². The molecule has 0 aliphatic rings. The van der Waals surface area contributed by atoms with Crippen LogP contribution in [0.2, 0.25) is 5.02 Å². The highest BCUT2D eigenvalue weighted by Crippen LogP contribution is 2.17. The van der Waals surface area contributed by atoms with Gasteiger partial charge in [0.1, 0.15) is 11.0 Å². The van der Waals surface area contributed by atoms with Crippen molar-refractivity contribution in [1.29, 1.82) is 0 Å². The number of aromatic nitrogens is 3. The molecule has 56 valence electrons. The molecule has 5 heteroatoms. The van der Waals surface area contributed by atoms with Crippen molar-refractivity contribution >= 4 is 45.5 Å². The van der Waals surface area contributed by atoms with Gasteiger partial charge in [-0.1, -0.05) is 16.8 Å². The molecule has 0 bridgehead atoms. The van der Waals surface area contributed by atoms with E-state index in [4.69, 9.17) is 11.6 Å². The van der Waals surface area contributed by atoms with Crippen molar-refractivity contribution in [2.24, 2.45) is 0 Å². The molecule has 11 heavy (non-hydrogen) atoms. The molecule has 2 aromatic rings. The molecule has 1 aromatic carbocycles. The Kier molecular flexibility index (Phi) is 1.72. The summed E-state index contributed by atoms with van der Waals surface area (Å²) in [6.07, 6.45) is 0. The van der Waals surface area contributed by atoms with Crippen molar-refractivity contribution < 1.29 is 0 Å². The summed E-state index contributed by atoms with van der Waals surface area (Å²) in [5.41, 5.74) is 1.81. The summed E-state index contributed by atoms with van der Waals surface area (Å²) >= 11 is 7.83. The fourth-order valence-electron chi connectivity index (χ4n) is 0.865. The Morgan fingerprint density at radius 1 is 1.45 bits per heavy atom. The molecule has 0 atom stereocenters. The molecule has 0 unspecified atom stereocenters. The highest BCUT2D eigenvalue weighted by molar-refractivity contribution is 14.1. The van der Waals surface area contributed by atoms with Gasteiger partial charge in [0.15, 0.2) is 0 Å². The minimum absolute atomic E-state index is 0.706. The molecular formula is C6H3ClIN3. The lowest BCUT2D eigenvalue weighted by Gasteiger charge is -1.89. The number of benzene rings is 1. The van der Waals surface area contributed by atoms with Crippen LogP contribution in [-0.2, 0) is 0 Å². The average molecular weight is 279 g/mol. The van der Waals surface area contributed by atoms with Crippen LogP contribution in [-0.4, -0.2) is 13.2 Å². The van der Waals surface area contributed by atoms with Crippen molar-refractivity contribution in [2.75, 3.05) is 0 Å². The summed E-state index contributed by atoms with van der Waals surface area (Å²) in [4.78, 5) is 0. The van der Waals surface area contributed by atoms with Crippen molar-refractivity contribution in [1.82, 2.24) is 13.2 Å². The Morgan fingerprint density at radius 3 is 3.09 bits per heavy atom. The van der Waals surface area contributed by atoms with E-state index in [0.717, 1.165) is 11.0 Å². The fraction of sp³-hybridized carbons (Fsp3) is 0. The van der Waals surface area contributed by atoms with E-state index in [1.807, 2.05) is 12.1 Å². The Balaban J connectivity index is 2.87. The van der Waals surface area contributed by atoms with Crippen LogP contribution in [0, 0.1) is 0 Å². The largest absolute Gasteiger partial charge is 0.183 e. The molecule has 0 N–H and O–H groups in total. The first-order valence-corrected chi connectivity index (χ1v) is 4.29. The maximum Gasteiger partial charge on any atom is 0.114 e. The second kappa shape index (κ2) is 2.60. The van der Waals surface area contributed by atoms with E-state index in [1.165, 1.54) is 0 Å². The fourth-order valence-corrected chi connectivity index (χ4v) is 1.51. The zero-order valence-electron chi connectivity index (χ0n) is 5.33. The van der Waals surface area contributed by atoms with Gasteiger partial charge in [0.2, 0.25) is 0 Å². The van der Waals surface area contributed by atoms with Gasteiger partial charge in [-0.05, 0) is 18.2 Å². The van der Waals surface area contributed by atoms with Crippen LogP contribution < -0.4 is 0 Å². The number of hydrogen-bond donors (Lipinski definition) is 0. The molecule has 0 fully saturated rings. The number of fused-ring (bicyclic) bond motifs is 1. The zero-order chi connectivity index (χ0) is 7.84. The van der Waals surface area contributed by atoms with E-state index in [1.54, 1.807) is 8.96 Å². The lowest BCUT2D eigenvalue weighted by molar-refractivity contribution is 0.938. The van der Waals surface area contributed by atoms with E-state index < -0.39 is 0 Å². The van der Waals surface area contributed by atoms with Gasteiger partial charge in [-0.2, -0.15) is 2.90 Å². The molecule has 3 nitrogen and oxygen atoms in total. The van der Waals surface area contributed by atoms with Crippen molar-refractivity contribution in [3.05, 3.63) is 23.2 Å². The number of hydrogen-bond acceptors (Lipinski definition) is 2. The molecule has 0 amide bonds. The van der Waals surface area contributed by atoms with Gasteiger partial charge in [0.25, 0.3) is 0 Å². The summed E-state index contributed by atoms with van der Waals surface area (Å²) in [6.45, 7) is 0. The minimum atomic E-state index is 0.706. The molecule has 0 aliphatic heterocycles. The third-order valence-corrected chi connectivity index (χ3v) is 2.32. The predicted molar refractivity (Wildman–Crippen MR) is 52.0 cm³/mol. The van der Waals surface area contributed by atoms with Gasteiger partial charge < -0.3 is 0 Å². The van der Waals surface area contributed by atoms with Crippen molar-refractivity contribution in [3.63, 3.8) is 0 Å². The monoisotopic (exact) mass is 279 g/mol. The third-order valence-electron chi connectivity index (χ3n) is 1.37. The standard InChI is InChI=1S/C6H3ClIN3/c7-4-1-2-5-6(3-4)11(8)10-9-5/h1-3H. The van der Waals surface area contributed by atoms with Crippen LogP contribution in [0.4, 0.5) is 0 Å². The molecule has 0 aliphatic carbocycles. The lowest BCUT2D eigenvalue weighted by atomic mass is 10.3. The van der Waals surface area contributed by atoms with Gasteiger partial charge in [-0.3, -0.25) is 0 Å². The lowest BCUT2D eigenvalue weighted by Crippen LogP contribution is -1.79. The van der Waals surface area contributed by atoms with Crippen molar-refractivity contribution in [3.8, 4) is 0 Å². The van der Waals surface area contributed by atoms with E-state index >= 15 is 0 Å². The van der Waals surface area contributed by atoms with Gasteiger partial charge in [-0.25, -0.2) is 0 Å². The SMILES string of the molecule is Clc1ccc2nnn(I)c2c1. The molecule has 0 radical (unpaired) electrons. The van der Waals surface area contributed by atoms with Crippen LogP contribution in [0.1, 0.15) is 0 Å². The summed E-state index contributed by atoms with van der Waals surface area (Å²) in [5.74, 6) is 0.